The van der Waals surface area contributed by atoms with Crippen LogP contribution in [0.15, 0.2) is 33.9 Å². The van der Waals surface area contributed by atoms with Crippen molar-refractivity contribution < 1.29 is 14.0 Å². The molecule has 0 saturated carbocycles. The summed E-state index contributed by atoms with van der Waals surface area (Å²) in [5, 5.41) is 13.1. The van der Waals surface area contributed by atoms with Crippen LogP contribution in [-0.4, -0.2) is 31.5 Å². The molecule has 2 atom stereocenters. The number of thioether (sulfide) groups is 1. The predicted molar refractivity (Wildman–Crippen MR) is 89.6 cm³/mol. The molecule has 9 heteroatoms. The predicted octanol–water partition coefficient (Wildman–Crippen LogP) is 2.87. The summed E-state index contributed by atoms with van der Waals surface area (Å²) in [6.45, 7) is 4.18. The Hall–Kier alpha value is -2.55. The molecule has 0 fully saturated rings. The summed E-state index contributed by atoms with van der Waals surface area (Å²) in [5.41, 5.74) is 0. The summed E-state index contributed by atoms with van der Waals surface area (Å²) < 4.78 is 18.9. The molecule has 0 spiro atoms. The molecule has 0 aliphatic carbocycles. The molecule has 1 aliphatic heterocycles. The van der Waals surface area contributed by atoms with Gasteiger partial charge in [-0.1, -0.05) is 29.1 Å². The van der Waals surface area contributed by atoms with Gasteiger partial charge < -0.3 is 18.6 Å². The summed E-state index contributed by atoms with van der Waals surface area (Å²) >= 11 is 1.50. The van der Waals surface area contributed by atoms with E-state index >= 15 is 0 Å². The molecular weight excluding hydrogens is 342 g/mol. The Morgan fingerprint density at radius 2 is 2.04 bits per heavy atom. The van der Waals surface area contributed by atoms with Crippen LogP contribution in [0.4, 0.5) is 0 Å². The fraction of sp³-hybridized carbons (Fsp3) is 0.375. The molecule has 130 valence electrons. The van der Waals surface area contributed by atoms with E-state index < -0.39 is 0 Å². The molecule has 2 aromatic heterocycles. The Bertz CT molecular complexity index is 894. The molecule has 0 amide bonds. The Kier molecular flexibility index (Phi) is 4.08. The van der Waals surface area contributed by atoms with Crippen molar-refractivity contribution in [1.82, 2.24) is 24.9 Å². The first-order valence-corrected chi connectivity index (χ1v) is 8.74. The third kappa shape index (κ3) is 3.07. The van der Waals surface area contributed by atoms with Crippen molar-refractivity contribution in [3.05, 3.63) is 41.8 Å². The van der Waals surface area contributed by atoms with Crippen molar-refractivity contribution in [2.75, 3.05) is 6.61 Å². The summed E-state index contributed by atoms with van der Waals surface area (Å²) in [6.07, 6.45) is -0.303. The highest BCUT2D eigenvalue weighted by atomic mass is 32.2. The molecule has 25 heavy (non-hydrogen) atoms. The molecule has 8 nitrogen and oxygen atoms in total. The normalized spacial score (nSPS) is 17.5. The second-order valence-electron chi connectivity index (χ2n) is 5.70. The van der Waals surface area contributed by atoms with Gasteiger partial charge in [-0.25, -0.2) is 0 Å². The highest BCUT2D eigenvalue weighted by molar-refractivity contribution is 7.99. The summed E-state index contributed by atoms with van der Waals surface area (Å²) in [4.78, 5) is 4.26. The van der Waals surface area contributed by atoms with Gasteiger partial charge in [0.1, 0.15) is 6.61 Å². The number of benzene rings is 1. The zero-order valence-electron chi connectivity index (χ0n) is 14.0. The third-order valence-electron chi connectivity index (χ3n) is 3.84. The summed E-state index contributed by atoms with van der Waals surface area (Å²) in [7, 11) is 1.91. The second kappa shape index (κ2) is 6.40. The van der Waals surface area contributed by atoms with Gasteiger partial charge in [0.05, 0.1) is 5.25 Å². The zero-order valence-corrected chi connectivity index (χ0v) is 14.9. The number of nitrogens with zero attached hydrogens (tertiary/aromatic N) is 5. The van der Waals surface area contributed by atoms with Crippen molar-refractivity contribution in [2.24, 2.45) is 7.05 Å². The van der Waals surface area contributed by atoms with Gasteiger partial charge in [-0.2, -0.15) is 4.98 Å². The van der Waals surface area contributed by atoms with E-state index in [-0.39, 0.29) is 11.4 Å². The highest BCUT2D eigenvalue weighted by Gasteiger charge is 2.28. The van der Waals surface area contributed by atoms with Crippen LogP contribution >= 0.6 is 11.8 Å². The van der Waals surface area contributed by atoms with Crippen LogP contribution in [0.3, 0.4) is 0 Å². The molecule has 4 rings (SSSR count). The van der Waals surface area contributed by atoms with E-state index in [9.17, 15) is 0 Å². The zero-order chi connectivity index (χ0) is 17.4. The van der Waals surface area contributed by atoms with Crippen LogP contribution in [0.2, 0.25) is 0 Å². The summed E-state index contributed by atoms with van der Waals surface area (Å²) in [5.74, 6) is 3.36. The largest absolute Gasteiger partial charge is 0.485 e. The number of fused-ring (bicyclic) bond motifs is 1. The number of para-hydroxylation sites is 2. The van der Waals surface area contributed by atoms with Gasteiger partial charge in [-0.15, -0.1) is 10.2 Å². The number of hydrogen-bond donors (Lipinski definition) is 0. The van der Waals surface area contributed by atoms with Gasteiger partial charge in [-0.3, -0.25) is 0 Å². The van der Waals surface area contributed by atoms with Crippen molar-refractivity contribution in [3.8, 4) is 11.5 Å². The van der Waals surface area contributed by atoms with Gasteiger partial charge in [0.2, 0.25) is 5.89 Å². The SMILES string of the molecule is Cc1noc(C(C)Sc2nnc(C3COc4ccccc4O3)n2C)n1. The minimum Gasteiger partial charge on any atom is -0.485 e. The number of ether oxygens (including phenoxy) is 2. The van der Waals surface area contributed by atoms with Crippen LogP contribution in [-0.2, 0) is 7.05 Å². The smallest absolute Gasteiger partial charge is 0.239 e. The Morgan fingerprint density at radius 1 is 1.24 bits per heavy atom. The van der Waals surface area contributed by atoms with Crippen LogP contribution in [0, 0.1) is 6.92 Å². The van der Waals surface area contributed by atoms with Crippen LogP contribution in [0.1, 0.15) is 35.8 Å². The standard InChI is InChI=1S/C16H17N5O3S/c1-9(15-17-10(2)20-24-15)25-16-19-18-14(21(16)3)13-8-22-11-6-4-5-7-12(11)23-13/h4-7,9,13H,8H2,1-3H3. The maximum Gasteiger partial charge on any atom is 0.239 e. The van der Waals surface area contributed by atoms with Gasteiger partial charge >= 0.3 is 0 Å². The quantitative estimate of drug-likeness (QED) is 0.657. The van der Waals surface area contributed by atoms with E-state index in [2.05, 4.69) is 20.3 Å². The van der Waals surface area contributed by atoms with E-state index in [1.807, 2.05) is 42.8 Å². The molecule has 0 bridgehead atoms. The fourth-order valence-electron chi connectivity index (χ4n) is 2.54. The maximum atomic E-state index is 6.01. The number of aromatic nitrogens is 5. The Balaban J connectivity index is 1.52. The fourth-order valence-corrected chi connectivity index (χ4v) is 3.40. The van der Waals surface area contributed by atoms with Crippen molar-refractivity contribution >= 4 is 11.8 Å². The Morgan fingerprint density at radius 3 is 2.80 bits per heavy atom. The molecule has 0 radical (unpaired) electrons. The lowest BCUT2D eigenvalue weighted by Crippen LogP contribution is -2.24. The van der Waals surface area contributed by atoms with Gasteiger partial charge in [0, 0.05) is 7.05 Å². The monoisotopic (exact) mass is 359 g/mol. The van der Waals surface area contributed by atoms with Gasteiger partial charge in [-0.05, 0) is 26.0 Å². The first-order chi connectivity index (χ1) is 12.1. The summed E-state index contributed by atoms with van der Waals surface area (Å²) in [6, 6.07) is 7.60. The first kappa shape index (κ1) is 15.9. The van der Waals surface area contributed by atoms with E-state index in [1.54, 1.807) is 6.92 Å². The highest BCUT2D eigenvalue weighted by Crippen LogP contribution is 2.37. The van der Waals surface area contributed by atoms with Crippen LogP contribution in [0.25, 0.3) is 0 Å². The lowest BCUT2D eigenvalue weighted by atomic mass is 10.2. The first-order valence-electron chi connectivity index (χ1n) is 7.86. The number of hydrogen-bond acceptors (Lipinski definition) is 8. The number of aryl methyl sites for hydroxylation is 1. The molecule has 0 N–H and O–H groups in total. The topological polar surface area (TPSA) is 88.1 Å². The average molecular weight is 359 g/mol. The Labute approximate surface area is 148 Å². The van der Waals surface area contributed by atoms with Crippen LogP contribution in [0.5, 0.6) is 11.5 Å². The molecule has 1 aromatic carbocycles. The molecule has 2 unspecified atom stereocenters. The molecule has 3 heterocycles. The average Bonchev–Trinajstić information content (AvgIpc) is 3.21. The van der Waals surface area contributed by atoms with Crippen LogP contribution < -0.4 is 9.47 Å². The maximum absolute atomic E-state index is 6.01. The lowest BCUT2D eigenvalue weighted by Gasteiger charge is -2.25. The van der Waals surface area contributed by atoms with Crippen molar-refractivity contribution in [1.29, 1.82) is 0 Å². The molecule has 3 aromatic rings. The van der Waals surface area contributed by atoms with E-state index in [0.29, 0.717) is 29.9 Å². The number of rotatable bonds is 4. The lowest BCUT2D eigenvalue weighted by molar-refractivity contribution is 0.0825. The minimum atomic E-state index is -0.303. The van der Waals surface area contributed by atoms with Crippen molar-refractivity contribution in [3.63, 3.8) is 0 Å². The molecular formula is C16H17N5O3S. The van der Waals surface area contributed by atoms with Gasteiger partial charge in [0.25, 0.3) is 0 Å². The second-order valence-corrected chi connectivity index (χ2v) is 7.01. The molecule has 1 aliphatic rings. The van der Waals surface area contributed by atoms with E-state index in [1.165, 1.54) is 11.8 Å². The van der Waals surface area contributed by atoms with Crippen molar-refractivity contribution in [2.45, 2.75) is 30.4 Å². The molecule has 0 saturated heterocycles. The van der Waals surface area contributed by atoms with Gasteiger partial charge in [0.15, 0.2) is 34.4 Å². The van der Waals surface area contributed by atoms with E-state index in [4.69, 9.17) is 14.0 Å². The van der Waals surface area contributed by atoms with E-state index in [0.717, 1.165) is 10.9 Å². The minimum absolute atomic E-state index is 0.0267. The third-order valence-corrected chi connectivity index (χ3v) is 4.96.